The summed E-state index contributed by atoms with van der Waals surface area (Å²) in [6.45, 7) is 2.18. The van der Waals surface area contributed by atoms with Crippen LogP contribution in [0.15, 0.2) is 29.1 Å². The number of nitrogens with zero attached hydrogens (tertiary/aromatic N) is 2. The van der Waals surface area contributed by atoms with E-state index in [1.807, 2.05) is 0 Å². The molecule has 1 aliphatic heterocycles. The molecule has 2 aromatic heterocycles. The van der Waals surface area contributed by atoms with Crippen LogP contribution in [0.2, 0.25) is 0 Å². The minimum atomic E-state index is -0.633. The lowest BCUT2D eigenvalue weighted by atomic mass is 10.1. The van der Waals surface area contributed by atoms with Gasteiger partial charge in [0.05, 0.1) is 16.8 Å². The second-order valence-corrected chi connectivity index (χ2v) is 8.71. The number of hydrogen-bond acceptors (Lipinski definition) is 6. The molecular formula is C22H23N5O4S. The molecule has 0 atom stereocenters. The van der Waals surface area contributed by atoms with E-state index in [-0.39, 0.29) is 18.0 Å². The van der Waals surface area contributed by atoms with Crippen molar-refractivity contribution < 1.29 is 14.4 Å². The summed E-state index contributed by atoms with van der Waals surface area (Å²) < 4.78 is 1.75. The summed E-state index contributed by atoms with van der Waals surface area (Å²) in [7, 11) is 0. The van der Waals surface area contributed by atoms with Crippen molar-refractivity contribution in [2.75, 3.05) is 11.9 Å². The van der Waals surface area contributed by atoms with E-state index >= 15 is 0 Å². The van der Waals surface area contributed by atoms with E-state index < -0.39 is 11.8 Å². The Morgan fingerprint density at radius 3 is 2.59 bits per heavy atom. The molecule has 0 aliphatic carbocycles. The quantitative estimate of drug-likeness (QED) is 0.542. The molecule has 0 bridgehead atoms. The fraction of sp³-hybridized carbons (Fsp3) is 0.318. The molecule has 0 unspecified atom stereocenters. The van der Waals surface area contributed by atoms with Gasteiger partial charge in [-0.2, -0.15) is 0 Å². The maximum atomic E-state index is 13.1. The maximum Gasteiger partial charge on any atom is 0.266 e. The number of anilines is 1. The number of thiophene rings is 1. The molecule has 0 fully saturated rings. The van der Waals surface area contributed by atoms with Gasteiger partial charge in [-0.15, -0.1) is 11.3 Å². The molecule has 3 heterocycles. The predicted molar refractivity (Wildman–Crippen MR) is 122 cm³/mol. The van der Waals surface area contributed by atoms with Crippen LogP contribution >= 0.6 is 11.3 Å². The molecular weight excluding hydrogens is 430 g/mol. The van der Waals surface area contributed by atoms with E-state index in [4.69, 9.17) is 10.7 Å². The Hall–Kier alpha value is -3.53. The van der Waals surface area contributed by atoms with Gasteiger partial charge in [0.2, 0.25) is 5.91 Å². The molecule has 166 valence electrons. The Bertz CT molecular complexity index is 1280. The molecule has 0 saturated heterocycles. The van der Waals surface area contributed by atoms with Gasteiger partial charge in [0, 0.05) is 24.2 Å². The summed E-state index contributed by atoms with van der Waals surface area (Å²) in [6, 6.07) is 6.26. The third-order valence-electron chi connectivity index (χ3n) is 5.45. The first kappa shape index (κ1) is 21.7. The fourth-order valence-corrected chi connectivity index (χ4v) is 4.87. The number of nitrogens with two attached hydrogens (primary N) is 1. The standard InChI is InChI=1S/C22H23N5O4S/c1-12-17-21(26-16-5-3-2-4-10-27(16)22(17)31)32-18(12)20(30)25-14-8-6-13(7-9-14)19(29)24-11-15(23)28/h6-9H,2-5,10-11H2,1H3,(H2,23,28)(H,24,29)(H,25,30). The van der Waals surface area contributed by atoms with Crippen molar-refractivity contribution in [3.63, 3.8) is 0 Å². The summed E-state index contributed by atoms with van der Waals surface area (Å²) >= 11 is 1.22. The van der Waals surface area contributed by atoms with E-state index in [1.54, 1.807) is 23.6 Å². The molecule has 0 radical (unpaired) electrons. The van der Waals surface area contributed by atoms with Crippen molar-refractivity contribution >= 4 is 45.0 Å². The Morgan fingerprint density at radius 1 is 1.12 bits per heavy atom. The number of fused-ring (bicyclic) bond motifs is 2. The topological polar surface area (TPSA) is 136 Å². The highest BCUT2D eigenvalue weighted by atomic mass is 32.1. The van der Waals surface area contributed by atoms with E-state index in [2.05, 4.69) is 10.6 Å². The van der Waals surface area contributed by atoms with Gasteiger partial charge < -0.3 is 16.4 Å². The molecule has 3 aromatic rings. The number of nitrogens with one attached hydrogen (secondary N) is 2. The van der Waals surface area contributed by atoms with Crippen molar-refractivity contribution in [1.29, 1.82) is 0 Å². The minimum absolute atomic E-state index is 0.0778. The van der Waals surface area contributed by atoms with Crippen LogP contribution in [0, 0.1) is 6.92 Å². The lowest BCUT2D eigenvalue weighted by Crippen LogP contribution is -2.33. The largest absolute Gasteiger partial charge is 0.368 e. The van der Waals surface area contributed by atoms with Crippen LogP contribution in [0.5, 0.6) is 0 Å². The van der Waals surface area contributed by atoms with Crippen LogP contribution in [0.4, 0.5) is 5.69 Å². The van der Waals surface area contributed by atoms with Crippen LogP contribution in [0.3, 0.4) is 0 Å². The zero-order valence-corrected chi connectivity index (χ0v) is 18.4. The second kappa shape index (κ2) is 8.91. The third kappa shape index (κ3) is 4.26. The third-order valence-corrected chi connectivity index (χ3v) is 6.63. The first-order valence-corrected chi connectivity index (χ1v) is 11.2. The Labute approximate surface area is 187 Å². The van der Waals surface area contributed by atoms with Crippen molar-refractivity contribution in [1.82, 2.24) is 14.9 Å². The van der Waals surface area contributed by atoms with Crippen LogP contribution < -0.4 is 21.9 Å². The number of carbonyl (C=O) groups excluding carboxylic acids is 3. The number of benzene rings is 1. The summed E-state index contributed by atoms with van der Waals surface area (Å²) in [5.41, 5.74) is 6.40. The van der Waals surface area contributed by atoms with Gasteiger partial charge in [0.15, 0.2) is 0 Å². The van der Waals surface area contributed by atoms with Crippen molar-refractivity contribution in [2.45, 2.75) is 39.2 Å². The van der Waals surface area contributed by atoms with Gasteiger partial charge in [-0.1, -0.05) is 6.42 Å². The maximum absolute atomic E-state index is 13.1. The van der Waals surface area contributed by atoms with E-state index in [0.717, 1.165) is 31.5 Å². The summed E-state index contributed by atoms with van der Waals surface area (Å²) in [5, 5.41) is 5.71. The number of primary amides is 1. The van der Waals surface area contributed by atoms with Gasteiger partial charge in [-0.05, 0) is 49.6 Å². The molecule has 10 heteroatoms. The Morgan fingerprint density at radius 2 is 1.88 bits per heavy atom. The molecule has 9 nitrogen and oxygen atoms in total. The van der Waals surface area contributed by atoms with Crippen molar-refractivity contribution in [3.8, 4) is 0 Å². The normalized spacial score (nSPS) is 13.3. The lowest BCUT2D eigenvalue weighted by Gasteiger charge is -2.08. The van der Waals surface area contributed by atoms with Crippen LogP contribution in [-0.4, -0.2) is 33.8 Å². The molecule has 3 amide bonds. The monoisotopic (exact) mass is 453 g/mol. The zero-order valence-electron chi connectivity index (χ0n) is 17.6. The Balaban J connectivity index is 1.56. The molecule has 0 saturated carbocycles. The highest BCUT2D eigenvalue weighted by Crippen LogP contribution is 2.29. The molecule has 4 N–H and O–H groups in total. The SMILES string of the molecule is Cc1c(C(=O)Nc2ccc(C(=O)NCC(N)=O)cc2)sc2nc3n(c(=O)c12)CCCCC3. The van der Waals surface area contributed by atoms with E-state index in [1.165, 1.54) is 23.5 Å². The fourth-order valence-electron chi connectivity index (χ4n) is 3.79. The van der Waals surface area contributed by atoms with Gasteiger partial charge in [-0.3, -0.25) is 23.7 Å². The first-order chi connectivity index (χ1) is 15.3. The number of carbonyl (C=O) groups is 3. The van der Waals surface area contributed by atoms with Crippen molar-refractivity contribution in [3.05, 3.63) is 56.4 Å². The van der Waals surface area contributed by atoms with Crippen LogP contribution in [-0.2, 0) is 17.8 Å². The average Bonchev–Trinajstić information content (AvgIpc) is 2.93. The molecule has 1 aromatic carbocycles. The predicted octanol–water partition coefficient (Wildman–Crippen LogP) is 1.96. The number of aryl methyl sites for hydroxylation is 2. The van der Waals surface area contributed by atoms with Crippen molar-refractivity contribution in [2.24, 2.45) is 5.73 Å². The highest BCUT2D eigenvalue weighted by molar-refractivity contribution is 7.20. The van der Waals surface area contributed by atoms with Gasteiger partial charge >= 0.3 is 0 Å². The molecule has 1 aliphatic rings. The number of rotatable bonds is 5. The average molecular weight is 454 g/mol. The van der Waals surface area contributed by atoms with Crippen LogP contribution in [0.25, 0.3) is 10.2 Å². The first-order valence-electron chi connectivity index (χ1n) is 10.4. The van der Waals surface area contributed by atoms with Gasteiger partial charge in [0.1, 0.15) is 10.7 Å². The van der Waals surface area contributed by atoms with E-state index in [9.17, 15) is 19.2 Å². The van der Waals surface area contributed by atoms with Crippen LogP contribution in [0.1, 0.15) is 50.7 Å². The van der Waals surface area contributed by atoms with Gasteiger partial charge in [0.25, 0.3) is 17.4 Å². The second-order valence-electron chi connectivity index (χ2n) is 7.71. The number of hydrogen-bond donors (Lipinski definition) is 3. The zero-order chi connectivity index (χ0) is 22.8. The minimum Gasteiger partial charge on any atom is -0.368 e. The summed E-state index contributed by atoms with van der Waals surface area (Å²) in [5.74, 6) is -0.616. The molecule has 32 heavy (non-hydrogen) atoms. The number of aromatic nitrogens is 2. The van der Waals surface area contributed by atoms with Gasteiger partial charge in [-0.25, -0.2) is 4.98 Å². The Kier molecular flexibility index (Phi) is 6.04. The summed E-state index contributed by atoms with van der Waals surface area (Å²) in [6.07, 6.45) is 3.80. The number of amides is 3. The molecule has 0 spiro atoms. The highest BCUT2D eigenvalue weighted by Gasteiger charge is 2.22. The summed E-state index contributed by atoms with van der Waals surface area (Å²) in [4.78, 5) is 54.5. The lowest BCUT2D eigenvalue weighted by molar-refractivity contribution is -0.117. The van der Waals surface area contributed by atoms with E-state index in [0.29, 0.717) is 38.5 Å². The molecule has 4 rings (SSSR count). The smallest absolute Gasteiger partial charge is 0.266 e.